The number of carboxylic acid groups (broad SMARTS) is 1. The van der Waals surface area contributed by atoms with Gasteiger partial charge in [0.15, 0.2) is 6.04 Å². The Morgan fingerprint density at radius 2 is 1.67 bits per heavy atom. The first-order chi connectivity index (χ1) is 14.4. The summed E-state index contributed by atoms with van der Waals surface area (Å²) in [5, 5.41) is 16.4. The molecule has 0 aliphatic heterocycles. The smallest absolute Gasteiger partial charge is 0.408 e. The van der Waals surface area contributed by atoms with Crippen molar-refractivity contribution in [3.63, 3.8) is 0 Å². The number of fused-ring (bicyclic) bond motifs is 3. The molecule has 0 saturated heterocycles. The Morgan fingerprint density at radius 1 is 1.10 bits per heavy atom. The lowest BCUT2D eigenvalue weighted by molar-refractivity contribution is -0.139. The van der Waals surface area contributed by atoms with Crippen LogP contribution in [0.5, 0.6) is 0 Å². The monoisotopic (exact) mass is 405 g/mol. The number of aromatic nitrogens is 2. The lowest BCUT2D eigenvalue weighted by Crippen LogP contribution is -2.35. The van der Waals surface area contributed by atoms with E-state index in [-0.39, 0.29) is 12.5 Å². The third-order valence-electron chi connectivity index (χ3n) is 5.71. The maximum atomic E-state index is 12.5. The highest BCUT2D eigenvalue weighted by Gasteiger charge is 2.31. The van der Waals surface area contributed by atoms with Crippen LogP contribution in [0.25, 0.3) is 11.1 Å². The number of carbonyl (C=O) groups excluding carboxylic acids is 1. The van der Waals surface area contributed by atoms with Gasteiger partial charge >= 0.3 is 12.1 Å². The van der Waals surface area contributed by atoms with Gasteiger partial charge in [0.1, 0.15) is 6.61 Å². The molecule has 1 aromatic heterocycles. The number of nitrogens with one attached hydrogen (secondary N) is 1. The van der Waals surface area contributed by atoms with Gasteiger partial charge in [-0.25, -0.2) is 9.59 Å². The largest absolute Gasteiger partial charge is 0.479 e. The Bertz CT molecular complexity index is 1090. The van der Waals surface area contributed by atoms with Crippen molar-refractivity contribution in [3.8, 4) is 11.1 Å². The molecule has 0 bridgehead atoms. The molecule has 2 aromatic carbocycles. The van der Waals surface area contributed by atoms with Crippen LogP contribution in [0.2, 0.25) is 0 Å². The number of nitrogens with zero attached hydrogens (tertiary/aromatic N) is 2. The molecule has 1 aliphatic carbocycles. The molecule has 2 N–H and O–H groups in total. The van der Waals surface area contributed by atoms with E-state index >= 15 is 0 Å². The maximum absolute atomic E-state index is 12.5. The van der Waals surface area contributed by atoms with E-state index in [1.807, 2.05) is 36.4 Å². The van der Waals surface area contributed by atoms with Crippen LogP contribution in [0.4, 0.5) is 4.79 Å². The van der Waals surface area contributed by atoms with Crippen LogP contribution < -0.4 is 5.32 Å². The van der Waals surface area contributed by atoms with Crippen LogP contribution >= 0.6 is 0 Å². The SMILES string of the molecule is Cc1nn(C)c(C)c1C(NC(=O)OCC1c2ccccc2-c2ccccc21)C(=O)O. The van der Waals surface area contributed by atoms with Crippen molar-refractivity contribution in [2.75, 3.05) is 6.61 Å². The number of amides is 1. The molecule has 1 unspecified atom stereocenters. The summed E-state index contributed by atoms with van der Waals surface area (Å²) in [7, 11) is 1.73. The highest BCUT2D eigenvalue weighted by Crippen LogP contribution is 2.44. The fourth-order valence-corrected chi connectivity index (χ4v) is 4.22. The van der Waals surface area contributed by atoms with Gasteiger partial charge in [0.2, 0.25) is 0 Å². The minimum Gasteiger partial charge on any atom is -0.479 e. The molecule has 1 atom stereocenters. The minimum absolute atomic E-state index is 0.0895. The Balaban J connectivity index is 1.52. The molecule has 1 aliphatic rings. The summed E-state index contributed by atoms with van der Waals surface area (Å²) in [6.45, 7) is 3.61. The number of rotatable bonds is 5. The second kappa shape index (κ2) is 7.67. The van der Waals surface area contributed by atoms with Gasteiger partial charge in [-0.1, -0.05) is 48.5 Å². The molecule has 7 heteroatoms. The van der Waals surface area contributed by atoms with E-state index in [0.29, 0.717) is 17.0 Å². The number of hydrogen-bond acceptors (Lipinski definition) is 4. The lowest BCUT2D eigenvalue weighted by Gasteiger charge is -2.18. The number of ether oxygens (including phenoxy) is 1. The van der Waals surface area contributed by atoms with E-state index in [9.17, 15) is 14.7 Å². The first kappa shape index (κ1) is 19.7. The van der Waals surface area contributed by atoms with Gasteiger partial charge in [-0.15, -0.1) is 0 Å². The first-order valence-corrected chi connectivity index (χ1v) is 9.73. The van der Waals surface area contributed by atoms with E-state index in [1.54, 1.807) is 25.6 Å². The second-order valence-corrected chi connectivity index (χ2v) is 7.45. The predicted octanol–water partition coefficient (Wildman–Crippen LogP) is 3.70. The van der Waals surface area contributed by atoms with Crippen LogP contribution in [0.15, 0.2) is 48.5 Å². The summed E-state index contributed by atoms with van der Waals surface area (Å²) in [4.78, 5) is 24.3. The first-order valence-electron chi connectivity index (χ1n) is 9.73. The van der Waals surface area contributed by atoms with Crippen molar-refractivity contribution in [2.45, 2.75) is 25.8 Å². The standard InChI is InChI=1S/C23H23N3O4/c1-13-20(14(2)26(3)25-13)21(22(27)28)24-23(29)30-12-19-17-10-6-4-8-15(17)16-9-5-7-11-18(16)19/h4-11,19,21H,12H2,1-3H3,(H,24,29)(H,27,28). The Kier molecular flexibility index (Phi) is 5.03. The number of carboxylic acids is 1. The molecule has 1 heterocycles. The average Bonchev–Trinajstić information content (AvgIpc) is 3.18. The van der Waals surface area contributed by atoms with Gasteiger partial charge in [-0.2, -0.15) is 5.10 Å². The van der Waals surface area contributed by atoms with E-state index in [4.69, 9.17) is 4.74 Å². The molecule has 154 valence electrons. The lowest BCUT2D eigenvalue weighted by atomic mass is 9.98. The number of benzene rings is 2. The highest BCUT2D eigenvalue weighted by molar-refractivity contribution is 5.82. The molecule has 0 saturated carbocycles. The molecule has 0 spiro atoms. The number of alkyl carbamates (subject to hydrolysis) is 1. The summed E-state index contributed by atoms with van der Waals surface area (Å²) in [5.41, 5.74) is 6.17. The third-order valence-corrected chi connectivity index (χ3v) is 5.71. The number of aryl methyl sites for hydroxylation is 2. The topological polar surface area (TPSA) is 93.5 Å². The van der Waals surface area contributed by atoms with Crippen LogP contribution in [-0.2, 0) is 16.6 Å². The van der Waals surface area contributed by atoms with E-state index in [2.05, 4.69) is 22.5 Å². The number of aliphatic carboxylic acids is 1. The van der Waals surface area contributed by atoms with Gasteiger partial charge in [0.05, 0.1) is 5.69 Å². The molecule has 0 fully saturated rings. The minimum atomic E-state index is -1.23. The van der Waals surface area contributed by atoms with E-state index in [1.165, 1.54) is 0 Å². The van der Waals surface area contributed by atoms with Gasteiger partial charge in [-0.3, -0.25) is 4.68 Å². The molecule has 0 radical (unpaired) electrons. The van der Waals surface area contributed by atoms with Gasteiger partial charge in [0, 0.05) is 24.2 Å². The van der Waals surface area contributed by atoms with Crippen molar-refractivity contribution < 1.29 is 19.4 Å². The predicted molar refractivity (Wildman–Crippen MR) is 111 cm³/mol. The zero-order chi connectivity index (χ0) is 21.4. The fraction of sp³-hybridized carbons (Fsp3) is 0.261. The van der Waals surface area contributed by atoms with E-state index < -0.39 is 18.1 Å². The quantitative estimate of drug-likeness (QED) is 0.675. The van der Waals surface area contributed by atoms with Gasteiger partial charge in [-0.05, 0) is 36.1 Å². The average molecular weight is 405 g/mol. The molecule has 30 heavy (non-hydrogen) atoms. The van der Waals surface area contributed by atoms with Crippen LogP contribution in [0, 0.1) is 13.8 Å². The van der Waals surface area contributed by atoms with Crippen LogP contribution in [-0.4, -0.2) is 33.6 Å². The Hall–Kier alpha value is -3.61. The van der Waals surface area contributed by atoms with Crippen molar-refractivity contribution in [2.24, 2.45) is 7.05 Å². The van der Waals surface area contributed by atoms with Gasteiger partial charge in [0.25, 0.3) is 0 Å². The van der Waals surface area contributed by atoms with Crippen molar-refractivity contribution in [1.82, 2.24) is 15.1 Å². The Labute approximate surface area is 174 Å². The number of hydrogen-bond donors (Lipinski definition) is 2. The molecule has 1 amide bonds. The number of carbonyl (C=O) groups is 2. The summed E-state index contributed by atoms with van der Waals surface area (Å²) in [6, 6.07) is 14.9. The third kappa shape index (κ3) is 3.32. The zero-order valence-electron chi connectivity index (χ0n) is 17.0. The molecule has 3 aromatic rings. The molecular formula is C23H23N3O4. The van der Waals surface area contributed by atoms with Crippen molar-refractivity contribution in [3.05, 3.63) is 76.6 Å². The Morgan fingerprint density at radius 3 is 2.17 bits per heavy atom. The highest BCUT2D eigenvalue weighted by atomic mass is 16.5. The summed E-state index contributed by atoms with van der Waals surface area (Å²) in [6.07, 6.45) is -0.771. The van der Waals surface area contributed by atoms with Crippen LogP contribution in [0.3, 0.4) is 0 Å². The zero-order valence-corrected chi connectivity index (χ0v) is 17.0. The van der Waals surface area contributed by atoms with Crippen molar-refractivity contribution >= 4 is 12.1 Å². The maximum Gasteiger partial charge on any atom is 0.408 e. The summed E-state index contributed by atoms with van der Waals surface area (Å²) >= 11 is 0. The summed E-state index contributed by atoms with van der Waals surface area (Å²) in [5.74, 6) is -1.25. The summed E-state index contributed by atoms with van der Waals surface area (Å²) < 4.78 is 7.09. The second-order valence-electron chi connectivity index (χ2n) is 7.45. The molecule has 7 nitrogen and oxygen atoms in total. The normalized spacial score (nSPS) is 13.4. The molecular weight excluding hydrogens is 382 g/mol. The molecule has 4 rings (SSSR count). The van der Waals surface area contributed by atoms with Crippen molar-refractivity contribution in [1.29, 1.82) is 0 Å². The van der Waals surface area contributed by atoms with Gasteiger partial charge < -0.3 is 15.2 Å². The fourth-order valence-electron chi connectivity index (χ4n) is 4.22. The van der Waals surface area contributed by atoms with Crippen LogP contribution in [0.1, 0.15) is 40.0 Å². The van der Waals surface area contributed by atoms with E-state index in [0.717, 1.165) is 22.3 Å².